The third-order valence-corrected chi connectivity index (χ3v) is 3.64. The summed E-state index contributed by atoms with van der Waals surface area (Å²) in [7, 11) is 0. The summed E-state index contributed by atoms with van der Waals surface area (Å²) >= 11 is 1.36. The van der Waals surface area contributed by atoms with E-state index in [4.69, 9.17) is 0 Å². The Hall–Kier alpha value is -2.08. The lowest BCUT2D eigenvalue weighted by molar-refractivity contribution is 0.494. The number of thiophene rings is 1. The third-order valence-electron chi connectivity index (χ3n) is 2.82. The minimum Gasteiger partial charge on any atom is -0.294 e. The van der Waals surface area contributed by atoms with E-state index in [1.54, 1.807) is 11.4 Å². The largest absolute Gasteiger partial charge is 0.294 e. The number of aromatic nitrogens is 2. The van der Waals surface area contributed by atoms with E-state index >= 15 is 0 Å². The first-order valence-electron chi connectivity index (χ1n) is 5.52. The Kier molecular flexibility index (Phi) is 2.87. The molecule has 0 bridgehead atoms. The predicted molar refractivity (Wildman–Crippen MR) is 69.3 cm³/mol. The smallest absolute Gasteiger partial charge is 0.262 e. The van der Waals surface area contributed by atoms with Crippen molar-refractivity contribution in [2.24, 2.45) is 0 Å². The van der Waals surface area contributed by atoms with Crippen LogP contribution in [0.15, 0.2) is 40.8 Å². The molecule has 1 aromatic carbocycles. The van der Waals surface area contributed by atoms with Crippen LogP contribution in [0.3, 0.4) is 0 Å². The van der Waals surface area contributed by atoms with E-state index in [2.05, 4.69) is 4.98 Å². The highest BCUT2D eigenvalue weighted by molar-refractivity contribution is 7.16. The fourth-order valence-electron chi connectivity index (χ4n) is 1.86. The van der Waals surface area contributed by atoms with Gasteiger partial charge in [-0.3, -0.25) is 9.36 Å². The molecule has 0 radical (unpaired) electrons. The van der Waals surface area contributed by atoms with Gasteiger partial charge in [-0.05, 0) is 17.5 Å². The molecule has 19 heavy (non-hydrogen) atoms. The summed E-state index contributed by atoms with van der Waals surface area (Å²) in [6.45, 7) is -0.0405. The maximum absolute atomic E-state index is 13.6. The van der Waals surface area contributed by atoms with E-state index in [1.807, 2.05) is 0 Å². The molecule has 6 heteroatoms. The molecule has 0 amide bonds. The lowest BCUT2D eigenvalue weighted by Gasteiger charge is -2.06. The van der Waals surface area contributed by atoms with Crippen LogP contribution in [0.5, 0.6) is 0 Å². The zero-order chi connectivity index (χ0) is 13.4. The summed E-state index contributed by atoms with van der Waals surface area (Å²) in [4.78, 5) is 16.9. The first-order valence-corrected chi connectivity index (χ1v) is 6.40. The Bertz CT molecular complexity index is 810. The van der Waals surface area contributed by atoms with Crippen LogP contribution in [0.25, 0.3) is 10.2 Å². The molecule has 0 aliphatic rings. The van der Waals surface area contributed by atoms with Gasteiger partial charge in [-0.15, -0.1) is 11.3 Å². The van der Waals surface area contributed by atoms with Crippen LogP contribution in [-0.4, -0.2) is 9.55 Å². The molecule has 0 aliphatic carbocycles. The molecule has 0 aliphatic heterocycles. The minimum atomic E-state index is -0.931. The molecule has 96 valence electrons. The summed E-state index contributed by atoms with van der Waals surface area (Å²) in [5.41, 5.74) is -0.131. The van der Waals surface area contributed by atoms with E-state index in [0.717, 1.165) is 6.07 Å². The zero-order valence-corrected chi connectivity index (χ0v) is 10.5. The van der Waals surface area contributed by atoms with Gasteiger partial charge in [0.25, 0.3) is 5.56 Å². The molecule has 0 spiro atoms. The SMILES string of the molecule is O=c1c2ccsc2ncn1Cc1cccc(F)c1F. The van der Waals surface area contributed by atoms with Crippen LogP contribution in [-0.2, 0) is 6.54 Å². The highest BCUT2D eigenvalue weighted by Crippen LogP contribution is 2.15. The van der Waals surface area contributed by atoms with Crippen molar-refractivity contribution in [3.05, 3.63) is 63.5 Å². The summed E-state index contributed by atoms with van der Waals surface area (Å²) in [5.74, 6) is -1.85. The maximum Gasteiger partial charge on any atom is 0.262 e. The predicted octanol–water partition coefficient (Wildman–Crippen LogP) is 2.78. The van der Waals surface area contributed by atoms with E-state index < -0.39 is 11.6 Å². The van der Waals surface area contributed by atoms with Crippen LogP contribution in [0.2, 0.25) is 0 Å². The van der Waals surface area contributed by atoms with Gasteiger partial charge in [0.05, 0.1) is 18.3 Å². The average Bonchev–Trinajstić information content (AvgIpc) is 2.87. The van der Waals surface area contributed by atoms with Gasteiger partial charge in [-0.1, -0.05) is 12.1 Å². The number of rotatable bonds is 2. The van der Waals surface area contributed by atoms with Gasteiger partial charge in [0.15, 0.2) is 11.6 Å². The Morgan fingerprint density at radius 3 is 2.95 bits per heavy atom. The number of hydrogen-bond donors (Lipinski definition) is 0. The lowest BCUT2D eigenvalue weighted by Crippen LogP contribution is -2.21. The molecule has 0 saturated carbocycles. The number of halogens is 2. The van der Waals surface area contributed by atoms with Crippen LogP contribution >= 0.6 is 11.3 Å². The van der Waals surface area contributed by atoms with Crippen molar-refractivity contribution in [1.82, 2.24) is 9.55 Å². The Balaban J connectivity index is 2.08. The third kappa shape index (κ3) is 2.04. The van der Waals surface area contributed by atoms with Gasteiger partial charge < -0.3 is 0 Å². The van der Waals surface area contributed by atoms with Gasteiger partial charge in [-0.2, -0.15) is 0 Å². The molecule has 3 rings (SSSR count). The number of hydrogen-bond acceptors (Lipinski definition) is 3. The molecular weight excluding hydrogens is 270 g/mol. The van der Waals surface area contributed by atoms with Crippen molar-refractivity contribution in [3.63, 3.8) is 0 Å². The first kappa shape index (κ1) is 12.0. The fraction of sp³-hybridized carbons (Fsp3) is 0.0769. The molecule has 3 aromatic rings. The van der Waals surface area contributed by atoms with Gasteiger partial charge in [0, 0.05) is 5.56 Å². The quantitative estimate of drug-likeness (QED) is 0.722. The van der Waals surface area contributed by atoms with Crippen molar-refractivity contribution >= 4 is 21.6 Å². The normalized spacial score (nSPS) is 11.1. The monoisotopic (exact) mass is 278 g/mol. The van der Waals surface area contributed by atoms with E-state index in [0.29, 0.717) is 10.2 Å². The molecule has 0 unspecified atom stereocenters. The summed E-state index contributed by atoms with van der Waals surface area (Å²) in [5, 5.41) is 2.26. The Labute approximate surface area is 110 Å². The maximum atomic E-state index is 13.6. The first-order chi connectivity index (χ1) is 9.16. The Morgan fingerprint density at radius 2 is 2.11 bits per heavy atom. The fourth-order valence-corrected chi connectivity index (χ4v) is 2.58. The molecule has 3 nitrogen and oxygen atoms in total. The summed E-state index contributed by atoms with van der Waals surface area (Å²) in [6.07, 6.45) is 1.35. The van der Waals surface area contributed by atoms with Crippen molar-refractivity contribution in [3.8, 4) is 0 Å². The van der Waals surface area contributed by atoms with Crippen molar-refractivity contribution in [2.75, 3.05) is 0 Å². The van der Waals surface area contributed by atoms with Crippen LogP contribution < -0.4 is 5.56 Å². The second-order valence-corrected chi connectivity index (χ2v) is 4.92. The molecule has 2 heterocycles. The zero-order valence-electron chi connectivity index (χ0n) is 9.64. The van der Waals surface area contributed by atoms with Crippen LogP contribution in [0.4, 0.5) is 8.78 Å². The van der Waals surface area contributed by atoms with Gasteiger partial charge in [-0.25, -0.2) is 13.8 Å². The topological polar surface area (TPSA) is 34.9 Å². The van der Waals surface area contributed by atoms with Gasteiger partial charge in [0.1, 0.15) is 4.83 Å². The number of nitrogens with zero attached hydrogens (tertiary/aromatic N) is 2. The lowest BCUT2D eigenvalue weighted by atomic mass is 10.2. The molecule has 2 aromatic heterocycles. The summed E-state index contributed by atoms with van der Waals surface area (Å²) < 4.78 is 27.9. The highest BCUT2D eigenvalue weighted by atomic mass is 32.1. The van der Waals surface area contributed by atoms with Crippen molar-refractivity contribution < 1.29 is 8.78 Å². The van der Waals surface area contributed by atoms with Gasteiger partial charge in [0.2, 0.25) is 0 Å². The number of benzene rings is 1. The van der Waals surface area contributed by atoms with E-state index in [-0.39, 0.29) is 17.7 Å². The van der Waals surface area contributed by atoms with Crippen molar-refractivity contribution in [1.29, 1.82) is 0 Å². The molecule has 0 saturated heterocycles. The Morgan fingerprint density at radius 1 is 1.26 bits per heavy atom. The van der Waals surface area contributed by atoms with Crippen LogP contribution in [0.1, 0.15) is 5.56 Å². The second-order valence-electron chi connectivity index (χ2n) is 4.03. The number of fused-ring (bicyclic) bond motifs is 1. The van der Waals surface area contributed by atoms with Crippen LogP contribution in [0, 0.1) is 11.6 Å². The molecule has 0 atom stereocenters. The van der Waals surface area contributed by atoms with E-state index in [1.165, 1.54) is 34.4 Å². The molecule has 0 fully saturated rings. The second kappa shape index (κ2) is 4.55. The average molecular weight is 278 g/mol. The molecule has 0 N–H and O–H groups in total. The minimum absolute atomic E-state index is 0.0405. The van der Waals surface area contributed by atoms with E-state index in [9.17, 15) is 13.6 Å². The molecular formula is C13H8F2N2OS. The highest BCUT2D eigenvalue weighted by Gasteiger charge is 2.10. The summed E-state index contributed by atoms with van der Waals surface area (Å²) in [6, 6.07) is 5.58. The van der Waals surface area contributed by atoms with Crippen molar-refractivity contribution in [2.45, 2.75) is 6.54 Å². The standard InChI is InChI=1S/C13H8F2N2OS/c14-10-3-1-2-8(11(10)15)6-17-7-16-12-9(13(17)18)4-5-19-12/h1-5,7H,6H2. The van der Waals surface area contributed by atoms with Gasteiger partial charge >= 0.3 is 0 Å².